The second kappa shape index (κ2) is 9.42. The Bertz CT molecular complexity index is 1070. The van der Waals surface area contributed by atoms with E-state index in [1.165, 1.54) is 12.1 Å². The highest BCUT2D eigenvalue weighted by atomic mass is 35.5. The number of aromatic hydroxyl groups is 1. The molecule has 0 aliphatic carbocycles. The molecule has 4 N–H and O–H groups in total. The van der Waals surface area contributed by atoms with Gasteiger partial charge >= 0.3 is 6.09 Å². The minimum atomic E-state index is -1.59. The van der Waals surface area contributed by atoms with E-state index in [0.717, 1.165) is 18.0 Å². The topological polar surface area (TPSA) is 146 Å². The number of rotatable bonds is 6. The average Bonchev–Trinajstić information content (AvgIpc) is 3.17. The fraction of sp³-hybridized carbons (Fsp3) is 0.400. The minimum Gasteiger partial charge on any atom is -0.508 e. The highest BCUT2D eigenvalue weighted by Gasteiger charge is 2.48. The fourth-order valence-corrected chi connectivity index (χ4v) is 4.02. The van der Waals surface area contributed by atoms with E-state index >= 15 is 4.39 Å². The molecule has 1 saturated heterocycles. The third kappa shape index (κ3) is 4.46. The van der Waals surface area contributed by atoms with Crippen LogP contribution in [0, 0.1) is 11.3 Å². The lowest BCUT2D eigenvalue weighted by atomic mass is 9.83. The van der Waals surface area contributed by atoms with Crippen molar-refractivity contribution >= 4 is 29.4 Å². The van der Waals surface area contributed by atoms with Gasteiger partial charge in [-0.05, 0) is 30.2 Å². The van der Waals surface area contributed by atoms with Crippen molar-refractivity contribution in [1.82, 2.24) is 14.7 Å². The van der Waals surface area contributed by atoms with E-state index in [-0.39, 0.29) is 43.1 Å². The number of benzene rings is 1. The first kappa shape index (κ1) is 23.3. The molecule has 3 rings (SSSR count). The zero-order chi connectivity index (χ0) is 23.5. The molecule has 0 bridgehead atoms. The zero-order valence-electron chi connectivity index (χ0n) is 17.2. The molecule has 2 amide bonds. The first-order chi connectivity index (χ1) is 15.2. The number of likely N-dealkylation sites (tertiary alicyclic amines) is 1. The summed E-state index contributed by atoms with van der Waals surface area (Å²) in [6.07, 6.45) is -1.48. The molecule has 1 aromatic heterocycles. The molecule has 0 spiro atoms. The number of halogens is 2. The predicted octanol–water partition coefficient (Wildman–Crippen LogP) is 2.37. The molecule has 1 fully saturated rings. The van der Waals surface area contributed by atoms with Crippen LogP contribution < -0.4 is 11.1 Å². The number of nitrogens with zero attached hydrogens (tertiary/aromatic N) is 4. The summed E-state index contributed by atoms with van der Waals surface area (Å²) < 4.78 is 21.5. The normalized spacial score (nSPS) is 21.0. The van der Waals surface area contributed by atoms with Gasteiger partial charge in [0, 0.05) is 24.7 Å². The van der Waals surface area contributed by atoms with E-state index in [0.29, 0.717) is 17.1 Å². The number of alkyl halides is 1. The van der Waals surface area contributed by atoms with Crippen molar-refractivity contribution in [3.63, 3.8) is 0 Å². The summed E-state index contributed by atoms with van der Waals surface area (Å²) in [7, 11) is 1.13. The maximum Gasteiger partial charge on any atom is 0.412 e. The van der Waals surface area contributed by atoms with Crippen molar-refractivity contribution in [2.24, 2.45) is 5.73 Å². The van der Waals surface area contributed by atoms with Gasteiger partial charge in [-0.2, -0.15) is 10.4 Å². The van der Waals surface area contributed by atoms with E-state index in [2.05, 4.69) is 15.2 Å². The lowest BCUT2D eigenvalue weighted by Gasteiger charge is -2.44. The molecule has 1 aliphatic heterocycles. The summed E-state index contributed by atoms with van der Waals surface area (Å²) in [5, 5.41) is 26.1. The van der Waals surface area contributed by atoms with Gasteiger partial charge in [0.05, 0.1) is 25.8 Å². The Morgan fingerprint density at radius 2 is 2.28 bits per heavy atom. The van der Waals surface area contributed by atoms with Gasteiger partial charge in [-0.3, -0.25) is 15.0 Å². The molecule has 0 saturated carbocycles. The molecule has 32 heavy (non-hydrogen) atoms. The van der Waals surface area contributed by atoms with E-state index in [1.807, 2.05) is 6.07 Å². The van der Waals surface area contributed by atoms with Gasteiger partial charge in [0.15, 0.2) is 0 Å². The van der Waals surface area contributed by atoms with Crippen LogP contribution >= 0.6 is 11.6 Å². The lowest BCUT2D eigenvalue weighted by Crippen LogP contribution is -2.55. The second-order valence-corrected chi connectivity index (χ2v) is 7.87. The number of ether oxygens (including phenoxy) is 1. The van der Waals surface area contributed by atoms with Crippen LogP contribution in [0.4, 0.5) is 15.0 Å². The minimum absolute atomic E-state index is 0.0473. The Balaban J connectivity index is 1.93. The van der Waals surface area contributed by atoms with Crippen molar-refractivity contribution in [2.75, 3.05) is 25.5 Å². The molecule has 1 aromatic carbocycles. The number of nitrogens with one attached hydrogen (secondary N) is 1. The number of aromatic nitrogens is 2. The number of piperidine rings is 1. The Kier molecular flexibility index (Phi) is 6.86. The molecule has 2 unspecified atom stereocenters. The largest absolute Gasteiger partial charge is 0.508 e. The highest BCUT2D eigenvalue weighted by Crippen LogP contribution is 2.39. The number of phenols is 1. The van der Waals surface area contributed by atoms with Crippen LogP contribution in [-0.4, -0.2) is 58.2 Å². The maximum absolute atomic E-state index is 15.7. The Morgan fingerprint density at radius 1 is 1.53 bits per heavy atom. The second-order valence-electron chi connectivity index (χ2n) is 7.47. The number of carbonyl (C=O) groups excluding carboxylic acids is 2. The molecule has 12 heteroatoms. The van der Waals surface area contributed by atoms with Crippen LogP contribution in [0.3, 0.4) is 0 Å². The van der Waals surface area contributed by atoms with Crippen LogP contribution in [0.15, 0.2) is 24.4 Å². The highest BCUT2D eigenvalue weighted by molar-refractivity contribution is 6.31. The van der Waals surface area contributed by atoms with Crippen molar-refractivity contribution in [2.45, 2.75) is 31.1 Å². The van der Waals surface area contributed by atoms with Crippen LogP contribution in [0.2, 0.25) is 5.02 Å². The maximum atomic E-state index is 15.7. The number of phenolic OH excluding ortho intramolecular Hbond substituents is 1. The number of primary amides is 1. The number of hydrogen-bond acceptors (Lipinski definition) is 7. The molecule has 1 aliphatic rings. The SMILES string of the molecule is COC(=O)Nc1c(C(N)=O)cnn1C1(CC#N)CCN(Cc2cc(O)ccc2Cl)CC1F. The van der Waals surface area contributed by atoms with Crippen molar-refractivity contribution in [3.8, 4) is 11.8 Å². The lowest BCUT2D eigenvalue weighted by molar-refractivity contribution is 0.00810. The first-order valence-corrected chi connectivity index (χ1v) is 10.0. The molecular formula is C20H22ClFN6O4. The van der Waals surface area contributed by atoms with Crippen LogP contribution in [-0.2, 0) is 16.8 Å². The van der Waals surface area contributed by atoms with Gasteiger partial charge < -0.3 is 15.6 Å². The third-order valence-corrected chi connectivity index (χ3v) is 5.90. The van der Waals surface area contributed by atoms with Crippen molar-refractivity contribution < 1.29 is 23.8 Å². The number of nitriles is 1. The van der Waals surface area contributed by atoms with E-state index < -0.39 is 23.7 Å². The van der Waals surface area contributed by atoms with Gasteiger partial charge in [-0.15, -0.1) is 0 Å². The number of hydrogen-bond donors (Lipinski definition) is 3. The van der Waals surface area contributed by atoms with Crippen LogP contribution in [0.5, 0.6) is 5.75 Å². The van der Waals surface area contributed by atoms with Gasteiger partial charge in [0.25, 0.3) is 5.91 Å². The van der Waals surface area contributed by atoms with Gasteiger partial charge in [-0.1, -0.05) is 11.6 Å². The van der Waals surface area contributed by atoms with Gasteiger partial charge in [0.2, 0.25) is 0 Å². The van der Waals surface area contributed by atoms with Gasteiger partial charge in [-0.25, -0.2) is 13.9 Å². The Hall–Kier alpha value is -3.36. The molecular weight excluding hydrogens is 443 g/mol. The van der Waals surface area contributed by atoms with Gasteiger partial charge in [0.1, 0.15) is 28.8 Å². The van der Waals surface area contributed by atoms with E-state index in [1.54, 1.807) is 11.0 Å². The number of amides is 2. The third-order valence-electron chi connectivity index (χ3n) is 5.53. The molecule has 10 nitrogen and oxygen atoms in total. The molecule has 2 atom stereocenters. The zero-order valence-corrected chi connectivity index (χ0v) is 18.0. The summed E-state index contributed by atoms with van der Waals surface area (Å²) >= 11 is 6.18. The number of carbonyl (C=O) groups is 2. The van der Waals surface area contributed by atoms with E-state index in [4.69, 9.17) is 17.3 Å². The van der Waals surface area contributed by atoms with Crippen molar-refractivity contribution in [3.05, 3.63) is 40.5 Å². The average molecular weight is 465 g/mol. The molecule has 170 valence electrons. The predicted molar refractivity (Wildman–Crippen MR) is 113 cm³/mol. The summed E-state index contributed by atoms with van der Waals surface area (Å²) in [5.74, 6) is -0.959. The number of nitrogens with two attached hydrogens (primary N) is 1. The first-order valence-electron chi connectivity index (χ1n) is 9.66. The standard InChI is InChI=1S/C20H22ClFN6O4/c1-32-19(31)26-18-14(17(24)30)9-25-28(18)20(4-6-23)5-7-27(11-16(20)22)10-12-8-13(29)2-3-15(12)21/h2-3,8-9,16,29H,4-5,7,10-11H2,1H3,(H2,24,30)(H,26,31). The molecule has 2 heterocycles. The summed E-state index contributed by atoms with van der Waals surface area (Å²) in [5.41, 5.74) is 4.43. The van der Waals surface area contributed by atoms with E-state index in [9.17, 15) is 20.0 Å². The van der Waals surface area contributed by atoms with Crippen molar-refractivity contribution in [1.29, 1.82) is 5.26 Å². The summed E-state index contributed by atoms with van der Waals surface area (Å²) in [4.78, 5) is 25.4. The number of anilines is 1. The summed E-state index contributed by atoms with van der Waals surface area (Å²) in [6.45, 7) is 0.573. The Morgan fingerprint density at radius 3 is 2.91 bits per heavy atom. The number of methoxy groups -OCH3 is 1. The Labute approximate surface area is 188 Å². The van der Waals surface area contributed by atoms with Crippen LogP contribution in [0.25, 0.3) is 0 Å². The molecule has 2 aromatic rings. The van der Waals surface area contributed by atoms with Crippen LogP contribution in [0.1, 0.15) is 28.8 Å². The molecule has 0 radical (unpaired) electrons. The fourth-order valence-electron chi connectivity index (χ4n) is 3.85. The monoisotopic (exact) mass is 464 g/mol. The summed E-state index contributed by atoms with van der Waals surface area (Å²) in [6, 6.07) is 6.52. The quantitative estimate of drug-likeness (QED) is 0.594. The smallest absolute Gasteiger partial charge is 0.412 e.